The van der Waals surface area contributed by atoms with Crippen molar-refractivity contribution >= 4 is 29.5 Å². The second-order valence-corrected chi connectivity index (χ2v) is 12.7. The lowest BCUT2D eigenvalue weighted by molar-refractivity contribution is -0.145. The number of fused-ring (bicyclic) bond motifs is 1. The Morgan fingerprint density at radius 1 is 1.14 bits per heavy atom. The molecular weight excluding hydrogens is 462 g/mol. The van der Waals surface area contributed by atoms with E-state index in [1.807, 2.05) is 18.7 Å². The molecule has 3 saturated heterocycles. The smallest absolute Gasteiger partial charge is 0.247 e. The van der Waals surface area contributed by atoms with E-state index in [1.54, 1.807) is 40.8 Å². The zero-order valence-corrected chi connectivity index (χ0v) is 22.7. The van der Waals surface area contributed by atoms with Gasteiger partial charge in [-0.2, -0.15) is 0 Å². The minimum atomic E-state index is -0.586. The predicted octanol–water partition coefficient (Wildman–Crippen LogP) is 3.09. The average molecular weight is 506 g/mol. The van der Waals surface area contributed by atoms with E-state index in [0.29, 0.717) is 19.6 Å². The maximum absolute atomic E-state index is 14.1. The van der Waals surface area contributed by atoms with Gasteiger partial charge in [-0.1, -0.05) is 25.0 Å². The SMILES string of the molecule is C=CCN(C)C(=O)[C@@H]1[C@H]2C(=O)N(CCCCCCO)C(C(=O)N(CC=C)C(C)C)C23CC[C@@]1(C)S3. The highest BCUT2D eigenvalue weighted by molar-refractivity contribution is 8.02. The largest absolute Gasteiger partial charge is 0.396 e. The molecule has 0 aromatic rings. The van der Waals surface area contributed by atoms with Crippen LogP contribution in [0.3, 0.4) is 0 Å². The van der Waals surface area contributed by atoms with Crippen LogP contribution in [0.2, 0.25) is 0 Å². The van der Waals surface area contributed by atoms with Crippen LogP contribution in [0, 0.1) is 11.8 Å². The van der Waals surface area contributed by atoms with Gasteiger partial charge in [-0.25, -0.2) is 0 Å². The number of carbonyl (C=O) groups is 3. The Balaban J connectivity index is 2.00. The van der Waals surface area contributed by atoms with Gasteiger partial charge in [0.25, 0.3) is 0 Å². The molecule has 3 rings (SSSR count). The third-order valence-corrected chi connectivity index (χ3v) is 10.1. The molecule has 2 unspecified atom stereocenters. The summed E-state index contributed by atoms with van der Waals surface area (Å²) in [4.78, 5) is 47.1. The summed E-state index contributed by atoms with van der Waals surface area (Å²) >= 11 is 1.72. The number of hydrogen-bond donors (Lipinski definition) is 1. The summed E-state index contributed by atoms with van der Waals surface area (Å²) in [5.41, 5.74) is 0. The maximum Gasteiger partial charge on any atom is 0.247 e. The number of nitrogens with zero attached hydrogens (tertiary/aromatic N) is 3. The van der Waals surface area contributed by atoms with E-state index in [0.717, 1.165) is 38.5 Å². The molecule has 0 saturated carbocycles. The summed E-state index contributed by atoms with van der Waals surface area (Å²) in [6.45, 7) is 15.2. The molecule has 0 aliphatic carbocycles. The number of likely N-dealkylation sites (tertiary alicyclic amines) is 1. The molecule has 196 valence electrons. The van der Waals surface area contributed by atoms with E-state index in [9.17, 15) is 14.4 Å². The molecule has 2 bridgehead atoms. The fourth-order valence-corrected chi connectivity index (χ4v) is 8.79. The number of amides is 3. The second kappa shape index (κ2) is 11.1. The molecule has 8 heteroatoms. The van der Waals surface area contributed by atoms with Gasteiger partial charge in [-0.05, 0) is 46.5 Å². The highest BCUT2D eigenvalue weighted by atomic mass is 32.2. The van der Waals surface area contributed by atoms with E-state index in [-0.39, 0.29) is 35.1 Å². The Kier molecular flexibility index (Phi) is 8.79. The van der Waals surface area contributed by atoms with Crippen molar-refractivity contribution in [2.45, 2.75) is 80.9 Å². The lowest BCUT2D eigenvalue weighted by Gasteiger charge is -2.38. The Bertz CT molecular complexity index is 848. The van der Waals surface area contributed by atoms with Crippen LogP contribution in [0.15, 0.2) is 25.3 Å². The first-order valence-electron chi connectivity index (χ1n) is 13.0. The number of carbonyl (C=O) groups excluding carboxylic acids is 3. The molecular formula is C27H43N3O4S. The van der Waals surface area contributed by atoms with Crippen LogP contribution in [0.25, 0.3) is 0 Å². The minimum Gasteiger partial charge on any atom is -0.396 e. The van der Waals surface area contributed by atoms with Crippen LogP contribution in [-0.4, -0.2) is 92.4 Å². The lowest BCUT2D eigenvalue weighted by atomic mass is 9.66. The summed E-state index contributed by atoms with van der Waals surface area (Å²) < 4.78 is -0.947. The summed E-state index contributed by atoms with van der Waals surface area (Å²) in [6.07, 6.45) is 8.31. The van der Waals surface area contributed by atoms with Crippen molar-refractivity contribution in [1.82, 2.24) is 14.7 Å². The molecule has 5 atom stereocenters. The lowest BCUT2D eigenvalue weighted by Crippen LogP contribution is -2.56. The van der Waals surface area contributed by atoms with Crippen molar-refractivity contribution in [3.05, 3.63) is 25.3 Å². The third-order valence-electron chi connectivity index (χ3n) is 8.10. The van der Waals surface area contributed by atoms with E-state index in [1.165, 1.54) is 0 Å². The molecule has 3 aliphatic rings. The van der Waals surface area contributed by atoms with Crippen molar-refractivity contribution in [2.75, 3.05) is 33.3 Å². The van der Waals surface area contributed by atoms with Crippen molar-refractivity contribution in [2.24, 2.45) is 11.8 Å². The van der Waals surface area contributed by atoms with Crippen molar-refractivity contribution < 1.29 is 19.5 Å². The minimum absolute atomic E-state index is 0.0206. The fourth-order valence-electron chi connectivity index (χ4n) is 6.44. The van der Waals surface area contributed by atoms with Crippen LogP contribution in [0.1, 0.15) is 59.3 Å². The van der Waals surface area contributed by atoms with Crippen molar-refractivity contribution in [1.29, 1.82) is 0 Å². The number of hydrogen-bond acceptors (Lipinski definition) is 5. The molecule has 1 N–H and O–H groups in total. The first-order chi connectivity index (χ1) is 16.6. The van der Waals surface area contributed by atoms with E-state index >= 15 is 0 Å². The number of rotatable bonds is 13. The summed E-state index contributed by atoms with van der Waals surface area (Å²) in [5, 5.41) is 9.10. The van der Waals surface area contributed by atoms with Gasteiger partial charge in [0.2, 0.25) is 17.7 Å². The molecule has 35 heavy (non-hydrogen) atoms. The zero-order chi connectivity index (χ0) is 26.0. The van der Waals surface area contributed by atoms with E-state index < -0.39 is 22.6 Å². The number of aliphatic hydroxyl groups excluding tert-OH is 1. The summed E-state index contributed by atoms with van der Waals surface area (Å²) in [5.74, 6) is -1.04. The van der Waals surface area contributed by atoms with Crippen LogP contribution in [0.4, 0.5) is 0 Å². The van der Waals surface area contributed by atoms with Gasteiger partial charge in [-0.15, -0.1) is 24.9 Å². The Morgan fingerprint density at radius 3 is 2.40 bits per heavy atom. The number of aliphatic hydroxyl groups is 1. The van der Waals surface area contributed by atoms with Gasteiger partial charge in [0.1, 0.15) is 6.04 Å². The first kappa shape index (κ1) is 27.8. The topological polar surface area (TPSA) is 81.2 Å². The molecule has 7 nitrogen and oxygen atoms in total. The van der Waals surface area contributed by atoms with Gasteiger partial charge in [0.05, 0.1) is 16.6 Å². The molecule has 1 spiro atoms. The van der Waals surface area contributed by atoms with Gasteiger partial charge >= 0.3 is 0 Å². The highest BCUT2D eigenvalue weighted by Gasteiger charge is 2.77. The zero-order valence-electron chi connectivity index (χ0n) is 21.9. The van der Waals surface area contributed by atoms with Gasteiger partial charge in [0.15, 0.2) is 0 Å². The monoisotopic (exact) mass is 505 g/mol. The molecule has 0 aromatic heterocycles. The van der Waals surface area contributed by atoms with Gasteiger partial charge in [-0.3, -0.25) is 14.4 Å². The summed E-state index contributed by atoms with van der Waals surface area (Å²) in [7, 11) is 1.77. The van der Waals surface area contributed by atoms with E-state index in [4.69, 9.17) is 5.11 Å². The molecule has 3 heterocycles. The molecule has 3 amide bonds. The van der Waals surface area contributed by atoms with Gasteiger partial charge < -0.3 is 19.8 Å². The Hall–Kier alpha value is -1.80. The molecule has 0 radical (unpaired) electrons. The standard InChI is InChI=1S/C27H43N3O4S/c1-7-15-28(6)23(32)20-21-24(33)30(17-11-9-10-12-18-31)22(25(34)29(16-8-2)19(3)4)27(21)14-13-26(20,5)35-27/h7-8,19-22,31H,1-2,9-18H2,3-6H3/t20-,21-,22?,26+,27?/m0/s1. The van der Waals surface area contributed by atoms with Crippen molar-refractivity contribution in [3.8, 4) is 0 Å². The Morgan fingerprint density at radius 2 is 1.80 bits per heavy atom. The van der Waals surface area contributed by atoms with Crippen LogP contribution in [-0.2, 0) is 14.4 Å². The molecule has 3 aliphatic heterocycles. The predicted molar refractivity (Wildman–Crippen MR) is 141 cm³/mol. The highest BCUT2D eigenvalue weighted by Crippen LogP contribution is 2.71. The van der Waals surface area contributed by atoms with Gasteiger partial charge in [0, 0.05) is 44.1 Å². The number of unbranched alkanes of at least 4 members (excludes halogenated alkanes) is 3. The number of likely N-dealkylation sites (N-methyl/N-ethyl adjacent to an activating group) is 1. The maximum atomic E-state index is 14.1. The van der Waals surface area contributed by atoms with Crippen LogP contribution < -0.4 is 0 Å². The fraction of sp³-hybridized carbons (Fsp3) is 0.741. The van der Waals surface area contributed by atoms with Crippen LogP contribution in [0.5, 0.6) is 0 Å². The van der Waals surface area contributed by atoms with Crippen molar-refractivity contribution in [3.63, 3.8) is 0 Å². The average Bonchev–Trinajstić information content (AvgIpc) is 3.37. The number of thioether (sulfide) groups is 1. The molecule has 0 aromatic carbocycles. The quantitative estimate of drug-likeness (QED) is 0.307. The third kappa shape index (κ3) is 4.80. The summed E-state index contributed by atoms with van der Waals surface area (Å²) in [6, 6.07) is -0.595. The van der Waals surface area contributed by atoms with E-state index in [2.05, 4.69) is 20.1 Å². The Labute approximate surface area is 215 Å². The van der Waals surface area contributed by atoms with Crippen LogP contribution >= 0.6 is 11.8 Å². The second-order valence-electron chi connectivity index (χ2n) is 10.8. The molecule has 3 fully saturated rings. The first-order valence-corrected chi connectivity index (χ1v) is 13.8. The normalized spacial score (nSPS) is 31.1.